The Labute approximate surface area is 156 Å². The molecular weight excluding hydrogens is 346 g/mol. The number of carbonyl (C=O) groups is 2. The summed E-state index contributed by atoms with van der Waals surface area (Å²) >= 11 is 1.51. The maximum Gasteiger partial charge on any atom is 0.230 e. The molecule has 0 fully saturated rings. The molecule has 6 heteroatoms. The number of para-hydroxylation sites is 1. The molecule has 2 aromatic carbocycles. The van der Waals surface area contributed by atoms with Crippen molar-refractivity contribution in [1.29, 1.82) is 0 Å². The van der Waals surface area contributed by atoms with E-state index in [1.807, 2.05) is 61.5 Å². The molecule has 134 valence electrons. The maximum atomic E-state index is 12.5. The van der Waals surface area contributed by atoms with Gasteiger partial charge in [-0.25, -0.2) is 4.98 Å². The molecule has 0 aliphatic heterocycles. The minimum Gasteiger partial charge on any atom is -0.355 e. The fourth-order valence-electron chi connectivity index (χ4n) is 2.68. The molecule has 0 saturated heterocycles. The van der Waals surface area contributed by atoms with Crippen molar-refractivity contribution in [2.45, 2.75) is 19.8 Å². The van der Waals surface area contributed by atoms with E-state index in [2.05, 4.69) is 10.3 Å². The highest BCUT2D eigenvalue weighted by Crippen LogP contribution is 2.28. The van der Waals surface area contributed by atoms with Crippen LogP contribution in [0.4, 0.5) is 5.13 Å². The van der Waals surface area contributed by atoms with Crippen LogP contribution >= 0.6 is 11.3 Å². The number of benzene rings is 2. The van der Waals surface area contributed by atoms with Crippen molar-refractivity contribution in [3.8, 4) is 0 Å². The lowest BCUT2D eigenvalue weighted by Crippen LogP contribution is -2.34. The molecule has 5 nitrogen and oxygen atoms in total. The summed E-state index contributed by atoms with van der Waals surface area (Å²) in [5.74, 6) is -0.112. The second-order valence-corrected chi connectivity index (χ2v) is 6.87. The van der Waals surface area contributed by atoms with E-state index in [4.69, 9.17) is 0 Å². The Bertz CT molecular complexity index is 859. The second kappa shape index (κ2) is 8.58. The molecule has 1 N–H and O–H groups in total. The van der Waals surface area contributed by atoms with Crippen LogP contribution in [0.15, 0.2) is 54.6 Å². The minimum absolute atomic E-state index is 0.0356. The molecule has 0 saturated carbocycles. The van der Waals surface area contributed by atoms with Gasteiger partial charge in [0.25, 0.3) is 0 Å². The number of hydrogen-bond acceptors (Lipinski definition) is 4. The molecule has 0 bridgehead atoms. The maximum absolute atomic E-state index is 12.5. The minimum atomic E-state index is -0.0768. The third-order valence-electron chi connectivity index (χ3n) is 4.00. The Kier molecular flexibility index (Phi) is 5.96. The van der Waals surface area contributed by atoms with Crippen LogP contribution in [-0.2, 0) is 16.0 Å². The summed E-state index contributed by atoms with van der Waals surface area (Å²) in [6, 6.07) is 17.4. The van der Waals surface area contributed by atoms with E-state index in [-0.39, 0.29) is 18.2 Å². The van der Waals surface area contributed by atoms with Gasteiger partial charge in [-0.3, -0.25) is 14.5 Å². The molecule has 3 rings (SSSR count). The van der Waals surface area contributed by atoms with E-state index in [1.165, 1.54) is 11.3 Å². The van der Waals surface area contributed by atoms with E-state index in [9.17, 15) is 9.59 Å². The molecule has 1 heterocycles. The van der Waals surface area contributed by atoms with Gasteiger partial charge in [0, 0.05) is 19.5 Å². The molecule has 0 aliphatic rings. The first kappa shape index (κ1) is 18.1. The molecule has 3 aromatic rings. The highest BCUT2D eigenvalue weighted by molar-refractivity contribution is 7.22. The van der Waals surface area contributed by atoms with Gasteiger partial charge in [-0.1, -0.05) is 53.8 Å². The third-order valence-corrected chi connectivity index (χ3v) is 5.06. The Morgan fingerprint density at radius 3 is 2.54 bits per heavy atom. The van der Waals surface area contributed by atoms with Gasteiger partial charge in [0.2, 0.25) is 11.8 Å². The predicted molar refractivity (Wildman–Crippen MR) is 105 cm³/mol. The second-order valence-electron chi connectivity index (χ2n) is 5.86. The van der Waals surface area contributed by atoms with E-state index >= 15 is 0 Å². The zero-order chi connectivity index (χ0) is 18.4. The number of fused-ring (bicyclic) bond motifs is 1. The number of nitrogens with zero attached hydrogens (tertiary/aromatic N) is 2. The van der Waals surface area contributed by atoms with Crippen LogP contribution in [0.2, 0.25) is 0 Å². The van der Waals surface area contributed by atoms with Gasteiger partial charge in [0.05, 0.1) is 16.6 Å². The molecular formula is C20H21N3O2S. The van der Waals surface area contributed by atoms with Gasteiger partial charge in [-0.05, 0) is 24.6 Å². The summed E-state index contributed by atoms with van der Waals surface area (Å²) in [5, 5.41) is 3.52. The molecule has 26 heavy (non-hydrogen) atoms. The number of rotatable bonds is 7. The van der Waals surface area contributed by atoms with E-state index in [1.54, 1.807) is 4.90 Å². The summed E-state index contributed by atoms with van der Waals surface area (Å²) in [7, 11) is 0. The Hall–Kier alpha value is -2.73. The fraction of sp³-hybridized carbons (Fsp3) is 0.250. The van der Waals surface area contributed by atoms with E-state index in [0.717, 1.165) is 15.8 Å². The van der Waals surface area contributed by atoms with Crippen molar-refractivity contribution < 1.29 is 9.59 Å². The van der Waals surface area contributed by atoms with Gasteiger partial charge in [0.15, 0.2) is 5.13 Å². The monoisotopic (exact) mass is 367 g/mol. The first-order valence-electron chi connectivity index (χ1n) is 8.64. The molecule has 0 spiro atoms. The Balaban J connectivity index is 1.53. The molecule has 0 aliphatic carbocycles. The molecule has 0 atom stereocenters. The topological polar surface area (TPSA) is 62.3 Å². The number of nitrogens with one attached hydrogen (secondary N) is 1. The SMILES string of the molecule is CCN(C(=O)CCNC(=O)Cc1ccccc1)c1nc2ccccc2s1. The normalized spacial score (nSPS) is 10.7. The first-order valence-corrected chi connectivity index (χ1v) is 9.45. The highest BCUT2D eigenvalue weighted by Gasteiger charge is 2.17. The lowest BCUT2D eigenvalue weighted by atomic mass is 10.1. The average molecular weight is 367 g/mol. The number of thiazole rings is 1. The number of aromatic nitrogens is 1. The number of carbonyl (C=O) groups excluding carboxylic acids is 2. The predicted octanol–water partition coefficient (Wildman–Crippen LogP) is 3.40. The van der Waals surface area contributed by atoms with Crippen LogP contribution < -0.4 is 10.2 Å². The van der Waals surface area contributed by atoms with Crippen LogP contribution in [0.5, 0.6) is 0 Å². The quantitative estimate of drug-likeness (QED) is 0.696. The van der Waals surface area contributed by atoms with Gasteiger partial charge >= 0.3 is 0 Å². The Morgan fingerprint density at radius 2 is 1.81 bits per heavy atom. The van der Waals surface area contributed by atoms with Crippen LogP contribution in [0.25, 0.3) is 10.2 Å². The van der Waals surface area contributed by atoms with Crippen molar-refractivity contribution in [1.82, 2.24) is 10.3 Å². The summed E-state index contributed by atoms with van der Waals surface area (Å²) in [6.07, 6.45) is 0.578. The van der Waals surface area contributed by atoms with Crippen LogP contribution in [0, 0.1) is 0 Å². The first-order chi connectivity index (χ1) is 12.7. The number of anilines is 1. The van der Waals surface area contributed by atoms with Crippen LogP contribution in [-0.4, -0.2) is 29.9 Å². The Morgan fingerprint density at radius 1 is 1.08 bits per heavy atom. The highest BCUT2D eigenvalue weighted by atomic mass is 32.1. The zero-order valence-corrected chi connectivity index (χ0v) is 15.5. The number of amides is 2. The lowest BCUT2D eigenvalue weighted by Gasteiger charge is -2.17. The average Bonchev–Trinajstić information content (AvgIpc) is 3.06. The van der Waals surface area contributed by atoms with Crippen molar-refractivity contribution in [3.63, 3.8) is 0 Å². The van der Waals surface area contributed by atoms with Gasteiger partial charge < -0.3 is 5.32 Å². The zero-order valence-electron chi connectivity index (χ0n) is 14.6. The number of hydrogen-bond donors (Lipinski definition) is 1. The largest absolute Gasteiger partial charge is 0.355 e. The smallest absolute Gasteiger partial charge is 0.230 e. The summed E-state index contributed by atoms with van der Waals surface area (Å²) < 4.78 is 1.06. The summed E-state index contributed by atoms with van der Waals surface area (Å²) in [5.41, 5.74) is 1.86. The molecule has 2 amide bonds. The fourth-order valence-corrected chi connectivity index (χ4v) is 3.73. The van der Waals surface area contributed by atoms with Crippen LogP contribution in [0.3, 0.4) is 0 Å². The van der Waals surface area contributed by atoms with Crippen molar-refractivity contribution in [2.24, 2.45) is 0 Å². The van der Waals surface area contributed by atoms with Gasteiger partial charge in [-0.2, -0.15) is 0 Å². The molecule has 0 unspecified atom stereocenters. The summed E-state index contributed by atoms with van der Waals surface area (Å²) in [4.78, 5) is 30.7. The van der Waals surface area contributed by atoms with E-state index < -0.39 is 0 Å². The van der Waals surface area contributed by atoms with Gasteiger partial charge in [-0.15, -0.1) is 0 Å². The molecule has 1 aromatic heterocycles. The molecule has 0 radical (unpaired) electrons. The summed E-state index contributed by atoms with van der Waals surface area (Å²) in [6.45, 7) is 2.81. The van der Waals surface area contributed by atoms with Crippen LogP contribution in [0.1, 0.15) is 18.9 Å². The third kappa shape index (κ3) is 4.46. The lowest BCUT2D eigenvalue weighted by molar-refractivity contribution is -0.121. The standard InChI is InChI=1S/C20H21N3O2S/c1-2-23(20-22-16-10-6-7-11-17(16)26-20)19(25)12-13-21-18(24)14-15-8-4-3-5-9-15/h3-11H,2,12-14H2,1H3,(H,21,24). The van der Waals surface area contributed by atoms with Gasteiger partial charge in [0.1, 0.15) is 0 Å². The van der Waals surface area contributed by atoms with Crippen molar-refractivity contribution >= 4 is 38.5 Å². The van der Waals surface area contributed by atoms with Crippen molar-refractivity contribution in [2.75, 3.05) is 18.0 Å². The van der Waals surface area contributed by atoms with E-state index in [0.29, 0.717) is 24.6 Å². The van der Waals surface area contributed by atoms with Crippen molar-refractivity contribution in [3.05, 3.63) is 60.2 Å².